The number of nitrogens with zero attached hydrogens (tertiary/aromatic N) is 2. The molecule has 2 aromatic carbocycles. The van der Waals surface area contributed by atoms with Crippen LogP contribution in [0.25, 0.3) is 11.3 Å². The summed E-state index contributed by atoms with van der Waals surface area (Å²) in [5.74, 6) is -1.76. The molecule has 1 fully saturated rings. The average molecular weight is 548 g/mol. The number of methoxy groups -OCH3 is 1. The van der Waals surface area contributed by atoms with Crippen molar-refractivity contribution in [1.29, 1.82) is 0 Å². The number of anilines is 1. The lowest BCUT2D eigenvalue weighted by Gasteiger charge is -2.20. The molecule has 0 spiro atoms. The monoisotopic (exact) mass is 547 g/mol. The van der Waals surface area contributed by atoms with Crippen LogP contribution < -0.4 is 10.1 Å². The van der Waals surface area contributed by atoms with Gasteiger partial charge in [0.2, 0.25) is 10.0 Å². The molecule has 12 heteroatoms. The molecule has 1 N–H and O–H groups in total. The molecule has 1 aromatic heterocycles. The van der Waals surface area contributed by atoms with E-state index in [1.54, 1.807) is 17.5 Å². The maximum atomic E-state index is 13.1. The van der Waals surface area contributed by atoms with Crippen LogP contribution in [0.4, 0.5) is 9.52 Å². The standard InChI is InChI=1S/C25H26FN3O6S2/c1-34-22-11-10-19(37(32,33)29-12-4-2-3-5-13-29)14-20(22)24(31)35-15-23(30)28-25-27-21(16-36-25)17-6-8-18(26)9-7-17/h6-11,14,16H,2-5,12-13,15H2,1H3,(H,27,28,30). The zero-order chi connectivity index (χ0) is 26.4. The first-order valence-corrected chi connectivity index (χ1v) is 14.0. The van der Waals surface area contributed by atoms with E-state index in [0.29, 0.717) is 24.3 Å². The van der Waals surface area contributed by atoms with Gasteiger partial charge in [-0.1, -0.05) is 12.8 Å². The number of hydrogen-bond donors (Lipinski definition) is 1. The Labute approximate surface area is 218 Å². The zero-order valence-corrected chi connectivity index (χ0v) is 21.7. The number of esters is 1. The molecule has 1 saturated heterocycles. The number of ether oxygens (including phenoxy) is 2. The summed E-state index contributed by atoms with van der Waals surface area (Å²) >= 11 is 1.16. The normalized spacial score (nSPS) is 14.5. The number of aromatic nitrogens is 1. The van der Waals surface area contributed by atoms with Gasteiger partial charge in [0.15, 0.2) is 11.7 Å². The Morgan fingerprint density at radius 3 is 2.46 bits per heavy atom. The number of carbonyl (C=O) groups excluding carboxylic acids is 2. The molecule has 1 aliphatic rings. The van der Waals surface area contributed by atoms with Gasteiger partial charge in [-0.3, -0.25) is 10.1 Å². The fourth-order valence-electron chi connectivity index (χ4n) is 3.89. The summed E-state index contributed by atoms with van der Waals surface area (Å²) in [6.45, 7) is 0.235. The van der Waals surface area contributed by atoms with Crippen LogP contribution in [0.15, 0.2) is 52.7 Å². The third-order valence-electron chi connectivity index (χ3n) is 5.82. The molecule has 0 atom stereocenters. The van der Waals surface area contributed by atoms with Crippen LogP contribution in [0.2, 0.25) is 0 Å². The van der Waals surface area contributed by atoms with Crippen LogP contribution in [-0.4, -0.2) is 56.4 Å². The lowest BCUT2D eigenvalue weighted by Crippen LogP contribution is -2.32. The van der Waals surface area contributed by atoms with Gasteiger partial charge >= 0.3 is 5.97 Å². The number of nitrogens with one attached hydrogen (secondary N) is 1. The second-order valence-corrected chi connectivity index (χ2v) is 11.1. The molecule has 3 aromatic rings. The summed E-state index contributed by atoms with van der Waals surface area (Å²) in [6.07, 6.45) is 3.51. The smallest absolute Gasteiger partial charge is 0.342 e. The molecule has 9 nitrogen and oxygen atoms in total. The molecule has 0 saturated carbocycles. The van der Waals surface area contributed by atoms with E-state index in [2.05, 4.69) is 10.3 Å². The lowest BCUT2D eigenvalue weighted by atomic mass is 10.2. The number of sulfonamides is 1. The van der Waals surface area contributed by atoms with Crippen LogP contribution in [0.1, 0.15) is 36.0 Å². The van der Waals surface area contributed by atoms with E-state index in [9.17, 15) is 22.4 Å². The van der Waals surface area contributed by atoms with Gasteiger partial charge in [0.1, 0.15) is 17.1 Å². The summed E-state index contributed by atoms with van der Waals surface area (Å²) in [5.41, 5.74) is 1.15. The molecule has 4 rings (SSSR count). The highest BCUT2D eigenvalue weighted by Gasteiger charge is 2.27. The van der Waals surface area contributed by atoms with Crippen molar-refractivity contribution in [2.24, 2.45) is 0 Å². The van der Waals surface area contributed by atoms with Crippen molar-refractivity contribution in [1.82, 2.24) is 9.29 Å². The minimum atomic E-state index is -3.80. The molecular weight excluding hydrogens is 521 g/mol. The summed E-state index contributed by atoms with van der Waals surface area (Å²) in [7, 11) is -2.45. The largest absolute Gasteiger partial charge is 0.496 e. The predicted molar refractivity (Wildman–Crippen MR) is 137 cm³/mol. The first-order chi connectivity index (χ1) is 17.8. The predicted octanol–water partition coefficient (Wildman–Crippen LogP) is 4.32. The van der Waals surface area contributed by atoms with E-state index in [-0.39, 0.29) is 27.2 Å². The number of amides is 1. The molecule has 37 heavy (non-hydrogen) atoms. The molecule has 0 bridgehead atoms. The van der Waals surface area contributed by atoms with Crippen molar-refractivity contribution in [3.63, 3.8) is 0 Å². The molecule has 1 amide bonds. The highest BCUT2D eigenvalue weighted by atomic mass is 32.2. The summed E-state index contributed by atoms with van der Waals surface area (Å²) in [6, 6.07) is 9.79. The van der Waals surface area contributed by atoms with Crippen molar-refractivity contribution in [2.45, 2.75) is 30.6 Å². The molecule has 2 heterocycles. The van der Waals surface area contributed by atoms with E-state index in [4.69, 9.17) is 9.47 Å². The quantitative estimate of drug-likeness (QED) is 0.418. The number of hydrogen-bond acceptors (Lipinski definition) is 8. The SMILES string of the molecule is COc1ccc(S(=O)(=O)N2CCCCCC2)cc1C(=O)OCC(=O)Nc1nc(-c2ccc(F)cc2)cs1. The number of halogens is 1. The minimum absolute atomic E-state index is 0.0392. The van der Waals surface area contributed by atoms with E-state index < -0.39 is 28.5 Å². The Hall–Kier alpha value is -3.35. The second-order valence-electron chi connectivity index (χ2n) is 8.35. The Kier molecular flexibility index (Phi) is 8.52. The summed E-state index contributed by atoms with van der Waals surface area (Å²) < 4.78 is 51.2. The first-order valence-electron chi connectivity index (χ1n) is 11.6. The van der Waals surface area contributed by atoms with Crippen molar-refractivity contribution >= 4 is 38.4 Å². The molecule has 0 radical (unpaired) electrons. The van der Waals surface area contributed by atoms with Crippen molar-refractivity contribution in [3.05, 3.63) is 59.2 Å². The molecule has 0 unspecified atom stereocenters. The molecule has 1 aliphatic heterocycles. The summed E-state index contributed by atoms with van der Waals surface area (Å²) in [4.78, 5) is 29.4. The lowest BCUT2D eigenvalue weighted by molar-refractivity contribution is -0.119. The Morgan fingerprint density at radius 1 is 1.08 bits per heavy atom. The average Bonchev–Trinajstić information content (AvgIpc) is 3.17. The minimum Gasteiger partial charge on any atom is -0.496 e. The van der Waals surface area contributed by atoms with Gasteiger partial charge in [-0.2, -0.15) is 4.31 Å². The number of rotatable bonds is 8. The highest BCUT2D eigenvalue weighted by Crippen LogP contribution is 2.27. The van der Waals surface area contributed by atoms with Crippen molar-refractivity contribution in [2.75, 3.05) is 32.1 Å². The van der Waals surface area contributed by atoms with Gasteiger partial charge in [-0.25, -0.2) is 22.6 Å². The number of thiazole rings is 1. The third kappa shape index (κ3) is 6.51. The van der Waals surface area contributed by atoms with E-state index >= 15 is 0 Å². The van der Waals surface area contributed by atoms with Gasteiger partial charge in [-0.05, 0) is 55.3 Å². The molecule has 0 aliphatic carbocycles. The Bertz CT molecular complexity index is 1370. The first kappa shape index (κ1) is 26.7. The molecule has 196 valence electrons. The number of benzene rings is 2. The van der Waals surface area contributed by atoms with Crippen LogP contribution in [0.3, 0.4) is 0 Å². The zero-order valence-electron chi connectivity index (χ0n) is 20.1. The van der Waals surface area contributed by atoms with Gasteiger partial charge in [0, 0.05) is 24.0 Å². The highest BCUT2D eigenvalue weighted by molar-refractivity contribution is 7.89. The number of carbonyl (C=O) groups is 2. The topological polar surface area (TPSA) is 115 Å². The van der Waals surface area contributed by atoms with E-state index in [0.717, 1.165) is 37.0 Å². The molecular formula is C25H26FN3O6S2. The van der Waals surface area contributed by atoms with E-state index in [1.807, 2.05) is 0 Å². The summed E-state index contributed by atoms with van der Waals surface area (Å²) in [5, 5.41) is 4.53. The van der Waals surface area contributed by atoms with Crippen LogP contribution >= 0.6 is 11.3 Å². The van der Waals surface area contributed by atoms with Gasteiger partial charge in [0.05, 0.1) is 17.7 Å². The van der Waals surface area contributed by atoms with Crippen molar-refractivity contribution < 1.29 is 31.9 Å². The van der Waals surface area contributed by atoms with Crippen molar-refractivity contribution in [3.8, 4) is 17.0 Å². The third-order valence-corrected chi connectivity index (χ3v) is 8.47. The second kappa shape index (κ2) is 11.8. The fourth-order valence-corrected chi connectivity index (χ4v) is 6.17. The van der Waals surface area contributed by atoms with Crippen LogP contribution in [0.5, 0.6) is 5.75 Å². The van der Waals surface area contributed by atoms with Gasteiger partial charge in [0.25, 0.3) is 5.91 Å². The van der Waals surface area contributed by atoms with Crippen LogP contribution in [-0.2, 0) is 19.6 Å². The fraction of sp³-hybridized carbons (Fsp3) is 0.320. The van der Waals surface area contributed by atoms with Gasteiger partial charge in [-0.15, -0.1) is 11.3 Å². The van der Waals surface area contributed by atoms with E-state index in [1.165, 1.54) is 41.7 Å². The Balaban J connectivity index is 1.41. The van der Waals surface area contributed by atoms with Gasteiger partial charge < -0.3 is 9.47 Å². The van der Waals surface area contributed by atoms with Crippen LogP contribution in [0, 0.1) is 5.82 Å². The maximum Gasteiger partial charge on any atom is 0.342 e. The maximum absolute atomic E-state index is 13.1. The Morgan fingerprint density at radius 2 is 1.78 bits per heavy atom.